The molecule has 0 spiro atoms. The number of carbonyl (C=O) groups is 2. The van der Waals surface area contributed by atoms with E-state index in [9.17, 15) is 9.59 Å². The summed E-state index contributed by atoms with van der Waals surface area (Å²) in [5.74, 6) is 2.12. The molecular weight excluding hydrogens is 440 g/mol. The number of nitrogens with one attached hydrogen (secondary N) is 1. The molecule has 1 aliphatic carbocycles. The van der Waals surface area contributed by atoms with E-state index < -0.39 is 0 Å². The first kappa shape index (κ1) is 23.2. The van der Waals surface area contributed by atoms with Crippen LogP contribution in [0.15, 0.2) is 65.1 Å². The van der Waals surface area contributed by atoms with E-state index in [0.717, 1.165) is 17.5 Å². The largest absolute Gasteiger partial charge is 0.486 e. The van der Waals surface area contributed by atoms with Crippen molar-refractivity contribution in [3.05, 3.63) is 88.9 Å². The Labute approximate surface area is 206 Å². The van der Waals surface area contributed by atoms with Gasteiger partial charge in [-0.05, 0) is 66.1 Å². The molecule has 2 aliphatic rings. The van der Waals surface area contributed by atoms with Crippen molar-refractivity contribution in [1.82, 2.24) is 10.2 Å². The molecule has 1 atom stereocenters. The van der Waals surface area contributed by atoms with E-state index in [1.165, 1.54) is 18.4 Å². The Balaban J connectivity index is 1.33. The SMILES string of the molecule is CC(C)C(=O)N1CCc2ccc(OCc3ccc(C(=O)NCC4CC4)o3)cc2[C@H]1c1ccccc1. The number of fused-ring (bicyclic) bond motifs is 1. The minimum Gasteiger partial charge on any atom is -0.486 e. The number of ether oxygens (including phenoxy) is 1. The molecule has 5 rings (SSSR count). The topological polar surface area (TPSA) is 71.8 Å². The number of nitrogens with zero attached hydrogens (tertiary/aromatic N) is 1. The van der Waals surface area contributed by atoms with Crippen LogP contribution in [0.3, 0.4) is 0 Å². The van der Waals surface area contributed by atoms with Crippen molar-refractivity contribution in [2.45, 2.75) is 45.8 Å². The van der Waals surface area contributed by atoms with Crippen molar-refractivity contribution in [1.29, 1.82) is 0 Å². The minimum absolute atomic E-state index is 0.0724. The van der Waals surface area contributed by atoms with E-state index in [2.05, 4.69) is 23.5 Å². The highest BCUT2D eigenvalue weighted by molar-refractivity contribution is 5.91. The van der Waals surface area contributed by atoms with E-state index >= 15 is 0 Å². The lowest BCUT2D eigenvalue weighted by atomic mass is 9.87. The Bertz CT molecular complexity index is 1200. The number of amides is 2. The molecule has 1 aromatic heterocycles. The third-order valence-electron chi connectivity index (χ3n) is 6.75. The number of benzene rings is 2. The summed E-state index contributed by atoms with van der Waals surface area (Å²) in [6, 6.07) is 19.6. The van der Waals surface area contributed by atoms with Crippen molar-refractivity contribution in [2.24, 2.45) is 11.8 Å². The third-order valence-corrected chi connectivity index (χ3v) is 6.75. The normalized spacial score (nSPS) is 17.2. The van der Waals surface area contributed by atoms with Gasteiger partial charge in [-0.3, -0.25) is 9.59 Å². The predicted octanol–water partition coefficient (Wildman–Crippen LogP) is 5.13. The number of hydrogen-bond acceptors (Lipinski definition) is 4. The van der Waals surface area contributed by atoms with Crippen molar-refractivity contribution in [2.75, 3.05) is 13.1 Å². The van der Waals surface area contributed by atoms with Crippen LogP contribution in [0.2, 0.25) is 0 Å². The van der Waals surface area contributed by atoms with Gasteiger partial charge in [0.15, 0.2) is 5.76 Å². The molecule has 0 bridgehead atoms. The molecule has 2 amide bonds. The average molecular weight is 473 g/mol. The second-order valence-corrected chi connectivity index (χ2v) is 9.82. The van der Waals surface area contributed by atoms with Crippen LogP contribution in [0.25, 0.3) is 0 Å². The third kappa shape index (κ3) is 5.26. The highest BCUT2D eigenvalue weighted by Crippen LogP contribution is 2.38. The van der Waals surface area contributed by atoms with E-state index in [-0.39, 0.29) is 30.4 Å². The van der Waals surface area contributed by atoms with Gasteiger partial charge in [-0.1, -0.05) is 50.2 Å². The summed E-state index contributed by atoms with van der Waals surface area (Å²) in [7, 11) is 0. The van der Waals surface area contributed by atoms with Crippen LogP contribution in [0.1, 0.15) is 65.7 Å². The van der Waals surface area contributed by atoms with Gasteiger partial charge >= 0.3 is 0 Å². The predicted molar refractivity (Wildman–Crippen MR) is 133 cm³/mol. The van der Waals surface area contributed by atoms with E-state index in [4.69, 9.17) is 9.15 Å². The van der Waals surface area contributed by atoms with E-state index in [0.29, 0.717) is 36.3 Å². The van der Waals surface area contributed by atoms with Gasteiger partial charge in [0.2, 0.25) is 5.91 Å². The molecule has 1 N–H and O–H groups in total. The zero-order valence-corrected chi connectivity index (χ0v) is 20.3. The standard InChI is InChI=1S/C29H32N2O4/c1-19(2)29(33)31-15-14-21-10-11-23(16-25(21)27(31)22-6-4-3-5-7-22)34-18-24-12-13-26(35-24)28(32)30-17-20-8-9-20/h3-7,10-13,16,19-20,27H,8-9,14-15,17-18H2,1-2H3,(H,30,32)/t27-/m1/s1. The summed E-state index contributed by atoms with van der Waals surface area (Å²) < 4.78 is 11.8. The summed E-state index contributed by atoms with van der Waals surface area (Å²) in [5.41, 5.74) is 3.41. The number of furan rings is 1. The number of hydrogen-bond donors (Lipinski definition) is 1. The van der Waals surface area contributed by atoms with Crippen LogP contribution in [-0.2, 0) is 17.8 Å². The molecule has 2 aromatic carbocycles. The summed E-state index contributed by atoms with van der Waals surface area (Å²) >= 11 is 0. The molecule has 0 unspecified atom stereocenters. The molecule has 6 heteroatoms. The van der Waals surface area contributed by atoms with Gasteiger partial charge in [0.1, 0.15) is 18.1 Å². The quantitative estimate of drug-likeness (QED) is 0.493. The second kappa shape index (κ2) is 9.98. The molecule has 1 fully saturated rings. The molecule has 35 heavy (non-hydrogen) atoms. The van der Waals surface area contributed by atoms with Crippen LogP contribution < -0.4 is 10.1 Å². The Morgan fingerprint density at radius 1 is 1.09 bits per heavy atom. The lowest BCUT2D eigenvalue weighted by molar-refractivity contribution is -0.136. The van der Waals surface area contributed by atoms with Crippen LogP contribution in [0.5, 0.6) is 5.75 Å². The van der Waals surface area contributed by atoms with Gasteiger partial charge in [-0.15, -0.1) is 0 Å². The zero-order chi connectivity index (χ0) is 24.4. The molecular formula is C29H32N2O4. The maximum atomic E-state index is 13.1. The molecule has 6 nitrogen and oxygen atoms in total. The minimum atomic E-state index is -0.183. The van der Waals surface area contributed by atoms with Gasteiger partial charge < -0.3 is 19.4 Å². The van der Waals surface area contributed by atoms with E-state index in [1.54, 1.807) is 12.1 Å². The van der Waals surface area contributed by atoms with Gasteiger partial charge in [0, 0.05) is 19.0 Å². The average Bonchev–Trinajstić information content (AvgIpc) is 3.59. The summed E-state index contributed by atoms with van der Waals surface area (Å²) in [4.78, 5) is 27.3. The van der Waals surface area contributed by atoms with E-state index in [1.807, 2.05) is 49.1 Å². The van der Waals surface area contributed by atoms with Crippen molar-refractivity contribution in [3.63, 3.8) is 0 Å². The molecule has 1 saturated carbocycles. The highest BCUT2D eigenvalue weighted by atomic mass is 16.5. The monoisotopic (exact) mass is 472 g/mol. The highest BCUT2D eigenvalue weighted by Gasteiger charge is 2.33. The number of rotatable bonds is 8. The fraction of sp³-hybridized carbons (Fsp3) is 0.379. The van der Waals surface area contributed by atoms with Crippen LogP contribution in [0, 0.1) is 11.8 Å². The van der Waals surface area contributed by atoms with Crippen LogP contribution >= 0.6 is 0 Å². The molecule has 3 aromatic rings. The first-order valence-electron chi connectivity index (χ1n) is 12.5. The fourth-order valence-corrected chi connectivity index (χ4v) is 4.62. The van der Waals surface area contributed by atoms with Crippen molar-refractivity contribution < 1.29 is 18.7 Å². The summed E-state index contributed by atoms with van der Waals surface area (Å²) in [6.45, 7) is 5.52. The first-order valence-corrected chi connectivity index (χ1v) is 12.5. The smallest absolute Gasteiger partial charge is 0.287 e. The second-order valence-electron chi connectivity index (χ2n) is 9.82. The lowest BCUT2D eigenvalue weighted by Crippen LogP contribution is -2.42. The molecule has 0 saturated heterocycles. The van der Waals surface area contributed by atoms with Crippen LogP contribution in [-0.4, -0.2) is 29.8 Å². The molecule has 1 aliphatic heterocycles. The summed E-state index contributed by atoms with van der Waals surface area (Å²) in [5, 5.41) is 2.92. The Hall–Kier alpha value is -3.54. The fourth-order valence-electron chi connectivity index (χ4n) is 4.62. The maximum Gasteiger partial charge on any atom is 0.287 e. The van der Waals surface area contributed by atoms with Crippen molar-refractivity contribution >= 4 is 11.8 Å². The number of carbonyl (C=O) groups excluding carboxylic acids is 2. The van der Waals surface area contributed by atoms with Gasteiger partial charge in [0.05, 0.1) is 6.04 Å². The van der Waals surface area contributed by atoms with Gasteiger partial charge in [-0.2, -0.15) is 0 Å². The van der Waals surface area contributed by atoms with Gasteiger partial charge in [0.25, 0.3) is 5.91 Å². The molecule has 0 radical (unpaired) electrons. The molecule has 182 valence electrons. The Morgan fingerprint density at radius 3 is 2.63 bits per heavy atom. The summed E-state index contributed by atoms with van der Waals surface area (Å²) in [6.07, 6.45) is 3.19. The maximum absolute atomic E-state index is 13.1. The lowest BCUT2D eigenvalue weighted by Gasteiger charge is -2.39. The van der Waals surface area contributed by atoms with Crippen LogP contribution in [0.4, 0.5) is 0 Å². The first-order chi connectivity index (χ1) is 17.0. The Kier molecular flexibility index (Phi) is 6.62. The van der Waals surface area contributed by atoms with Gasteiger partial charge in [-0.25, -0.2) is 0 Å². The Morgan fingerprint density at radius 2 is 1.89 bits per heavy atom. The van der Waals surface area contributed by atoms with Crippen molar-refractivity contribution in [3.8, 4) is 5.75 Å². The zero-order valence-electron chi connectivity index (χ0n) is 20.3. The molecule has 2 heterocycles.